The van der Waals surface area contributed by atoms with Crippen LogP contribution in [0.5, 0.6) is 0 Å². The molecule has 0 amide bonds. The van der Waals surface area contributed by atoms with Gasteiger partial charge in [-0.15, -0.1) is 0 Å². The molecule has 0 saturated carbocycles. The molecule has 1 aromatic heterocycles. The molecule has 1 saturated heterocycles. The standard InChI is InChI=1S/C16H18N2O3/c1-16(15(19)20)8-5-9-18(16)11-14-17-10-13(21-14)12-6-3-2-4-7-12/h2-4,6-7,10H,5,8-9,11H2,1H3,(H,19,20). The first-order valence-electron chi connectivity index (χ1n) is 7.08. The SMILES string of the molecule is CC1(C(=O)O)CCCN1Cc1ncc(-c2ccccc2)o1. The summed E-state index contributed by atoms with van der Waals surface area (Å²) in [7, 11) is 0. The Kier molecular flexibility index (Phi) is 3.51. The van der Waals surface area contributed by atoms with Crippen molar-refractivity contribution in [2.24, 2.45) is 0 Å². The van der Waals surface area contributed by atoms with Gasteiger partial charge in [-0.05, 0) is 26.3 Å². The second-order valence-corrected chi connectivity index (χ2v) is 5.59. The van der Waals surface area contributed by atoms with Gasteiger partial charge in [-0.3, -0.25) is 9.69 Å². The fraction of sp³-hybridized carbons (Fsp3) is 0.375. The Labute approximate surface area is 123 Å². The van der Waals surface area contributed by atoms with Gasteiger partial charge in [0.25, 0.3) is 0 Å². The number of likely N-dealkylation sites (tertiary alicyclic amines) is 1. The number of hydrogen-bond donors (Lipinski definition) is 1. The molecule has 1 N–H and O–H groups in total. The fourth-order valence-corrected chi connectivity index (χ4v) is 2.80. The molecule has 1 unspecified atom stereocenters. The minimum absolute atomic E-state index is 0.426. The highest BCUT2D eigenvalue weighted by Gasteiger charge is 2.43. The normalized spacial score (nSPS) is 22.5. The van der Waals surface area contributed by atoms with Crippen molar-refractivity contribution < 1.29 is 14.3 Å². The third-order valence-corrected chi connectivity index (χ3v) is 4.19. The summed E-state index contributed by atoms with van der Waals surface area (Å²) in [6.07, 6.45) is 3.24. The van der Waals surface area contributed by atoms with Crippen LogP contribution in [-0.2, 0) is 11.3 Å². The van der Waals surface area contributed by atoms with Gasteiger partial charge < -0.3 is 9.52 Å². The Hall–Kier alpha value is -2.14. The van der Waals surface area contributed by atoms with E-state index in [4.69, 9.17) is 4.42 Å². The molecule has 110 valence electrons. The van der Waals surface area contributed by atoms with Crippen LogP contribution in [0.1, 0.15) is 25.7 Å². The lowest BCUT2D eigenvalue weighted by Crippen LogP contribution is -2.47. The van der Waals surface area contributed by atoms with Crippen molar-refractivity contribution in [2.75, 3.05) is 6.54 Å². The van der Waals surface area contributed by atoms with Crippen molar-refractivity contribution in [3.63, 3.8) is 0 Å². The van der Waals surface area contributed by atoms with Gasteiger partial charge in [0.2, 0.25) is 5.89 Å². The van der Waals surface area contributed by atoms with Gasteiger partial charge in [-0.2, -0.15) is 0 Å². The topological polar surface area (TPSA) is 66.6 Å². The van der Waals surface area contributed by atoms with Gasteiger partial charge in [-0.1, -0.05) is 30.3 Å². The lowest BCUT2D eigenvalue weighted by Gasteiger charge is -2.29. The Morgan fingerprint density at radius 3 is 2.90 bits per heavy atom. The van der Waals surface area contributed by atoms with Gasteiger partial charge >= 0.3 is 5.97 Å². The van der Waals surface area contributed by atoms with E-state index in [9.17, 15) is 9.90 Å². The van der Waals surface area contributed by atoms with Crippen molar-refractivity contribution in [2.45, 2.75) is 31.8 Å². The monoisotopic (exact) mass is 286 g/mol. The van der Waals surface area contributed by atoms with Crippen LogP contribution in [0.15, 0.2) is 40.9 Å². The zero-order valence-electron chi connectivity index (χ0n) is 12.0. The molecular formula is C16H18N2O3. The molecule has 2 heterocycles. The van der Waals surface area contributed by atoms with E-state index in [1.165, 1.54) is 0 Å². The molecule has 21 heavy (non-hydrogen) atoms. The first kappa shape index (κ1) is 13.8. The first-order chi connectivity index (χ1) is 10.1. The Morgan fingerprint density at radius 2 is 2.19 bits per heavy atom. The third-order valence-electron chi connectivity index (χ3n) is 4.19. The summed E-state index contributed by atoms with van der Waals surface area (Å²) in [5, 5.41) is 9.41. The maximum atomic E-state index is 11.5. The number of aromatic nitrogens is 1. The summed E-state index contributed by atoms with van der Waals surface area (Å²) in [6, 6.07) is 9.76. The lowest BCUT2D eigenvalue weighted by atomic mass is 9.99. The summed E-state index contributed by atoms with van der Waals surface area (Å²) in [5.41, 5.74) is 0.153. The Balaban J connectivity index is 1.77. The number of nitrogens with zero attached hydrogens (tertiary/aromatic N) is 2. The van der Waals surface area contributed by atoms with E-state index in [0.717, 1.165) is 18.5 Å². The molecule has 5 heteroatoms. The number of hydrogen-bond acceptors (Lipinski definition) is 4. The molecule has 3 rings (SSSR count). The van der Waals surface area contributed by atoms with Crippen LogP contribution in [0.2, 0.25) is 0 Å². The molecule has 0 aliphatic carbocycles. The van der Waals surface area contributed by atoms with Crippen LogP contribution in [0.4, 0.5) is 0 Å². The highest BCUT2D eigenvalue weighted by molar-refractivity contribution is 5.78. The largest absolute Gasteiger partial charge is 0.480 e. The highest BCUT2D eigenvalue weighted by Crippen LogP contribution is 2.31. The lowest BCUT2D eigenvalue weighted by molar-refractivity contribution is -0.149. The molecule has 1 aromatic carbocycles. The van der Waals surface area contributed by atoms with E-state index in [1.54, 1.807) is 13.1 Å². The number of oxazole rings is 1. The number of aliphatic carboxylic acids is 1. The van der Waals surface area contributed by atoms with Crippen LogP contribution in [0.25, 0.3) is 11.3 Å². The summed E-state index contributed by atoms with van der Waals surface area (Å²) in [4.78, 5) is 17.7. The van der Waals surface area contributed by atoms with E-state index in [-0.39, 0.29) is 0 Å². The van der Waals surface area contributed by atoms with Crippen LogP contribution in [-0.4, -0.2) is 33.0 Å². The average molecular weight is 286 g/mol. The van der Waals surface area contributed by atoms with E-state index < -0.39 is 11.5 Å². The van der Waals surface area contributed by atoms with Crippen molar-refractivity contribution in [1.82, 2.24) is 9.88 Å². The van der Waals surface area contributed by atoms with E-state index in [1.807, 2.05) is 35.2 Å². The maximum absolute atomic E-state index is 11.5. The van der Waals surface area contributed by atoms with Crippen LogP contribution < -0.4 is 0 Å². The van der Waals surface area contributed by atoms with E-state index in [2.05, 4.69) is 4.98 Å². The summed E-state index contributed by atoms with van der Waals surface area (Å²) >= 11 is 0. The first-order valence-corrected chi connectivity index (χ1v) is 7.08. The van der Waals surface area contributed by atoms with Crippen molar-refractivity contribution in [3.05, 3.63) is 42.4 Å². The minimum Gasteiger partial charge on any atom is -0.480 e. The summed E-state index contributed by atoms with van der Waals surface area (Å²) in [6.45, 7) is 2.95. The average Bonchev–Trinajstić information content (AvgIpc) is 3.09. The van der Waals surface area contributed by atoms with E-state index >= 15 is 0 Å². The molecule has 0 bridgehead atoms. The number of carboxylic acid groups (broad SMARTS) is 1. The zero-order chi connectivity index (χ0) is 14.9. The van der Waals surface area contributed by atoms with Crippen LogP contribution in [0, 0.1) is 0 Å². The summed E-state index contributed by atoms with van der Waals surface area (Å²) in [5.74, 6) is 0.486. The van der Waals surface area contributed by atoms with Crippen molar-refractivity contribution in [1.29, 1.82) is 0 Å². The van der Waals surface area contributed by atoms with Crippen LogP contribution in [0.3, 0.4) is 0 Å². The van der Waals surface area contributed by atoms with E-state index in [0.29, 0.717) is 24.6 Å². The molecule has 1 aliphatic rings. The fourth-order valence-electron chi connectivity index (χ4n) is 2.80. The van der Waals surface area contributed by atoms with Gasteiger partial charge in [0.05, 0.1) is 12.7 Å². The predicted octanol–water partition coefficient (Wildman–Crippen LogP) is 2.78. The Bertz CT molecular complexity index is 638. The highest BCUT2D eigenvalue weighted by atomic mass is 16.4. The maximum Gasteiger partial charge on any atom is 0.323 e. The smallest absolute Gasteiger partial charge is 0.323 e. The van der Waals surface area contributed by atoms with Crippen molar-refractivity contribution in [3.8, 4) is 11.3 Å². The molecular weight excluding hydrogens is 268 g/mol. The molecule has 0 radical (unpaired) electrons. The molecule has 0 spiro atoms. The zero-order valence-corrected chi connectivity index (χ0v) is 12.0. The number of benzene rings is 1. The third kappa shape index (κ3) is 2.56. The summed E-state index contributed by atoms with van der Waals surface area (Å²) < 4.78 is 5.76. The van der Waals surface area contributed by atoms with Crippen LogP contribution >= 0.6 is 0 Å². The van der Waals surface area contributed by atoms with Gasteiger partial charge in [-0.25, -0.2) is 4.98 Å². The molecule has 1 atom stereocenters. The molecule has 2 aromatic rings. The molecule has 5 nitrogen and oxygen atoms in total. The minimum atomic E-state index is -0.818. The predicted molar refractivity (Wildman–Crippen MR) is 77.6 cm³/mol. The van der Waals surface area contributed by atoms with Crippen molar-refractivity contribution >= 4 is 5.97 Å². The number of carbonyl (C=O) groups is 1. The quantitative estimate of drug-likeness (QED) is 0.936. The molecule has 1 aliphatic heterocycles. The number of rotatable bonds is 4. The second kappa shape index (κ2) is 5.33. The Morgan fingerprint density at radius 1 is 1.43 bits per heavy atom. The van der Waals surface area contributed by atoms with Gasteiger partial charge in [0.1, 0.15) is 5.54 Å². The van der Waals surface area contributed by atoms with Gasteiger partial charge in [0.15, 0.2) is 5.76 Å². The second-order valence-electron chi connectivity index (χ2n) is 5.59. The van der Waals surface area contributed by atoms with Gasteiger partial charge in [0, 0.05) is 5.56 Å². The number of carboxylic acids is 1. The molecule has 1 fully saturated rings.